The molecule has 1 aliphatic heterocycles. The fourth-order valence-corrected chi connectivity index (χ4v) is 6.55. The zero-order chi connectivity index (χ0) is 28.0. The minimum Gasteiger partial charge on any atom is -0.475 e. The Morgan fingerprint density at radius 2 is 1.76 bits per heavy atom. The minimum atomic E-state index is -3.14. The topological polar surface area (TPSA) is 100 Å². The molecule has 1 aromatic carbocycles. The van der Waals surface area contributed by atoms with Crippen LogP contribution in [-0.4, -0.2) is 52.6 Å². The number of carbonyl (C=O) groups is 1. The quantitative estimate of drug-likeness (QED) is 0.379. The van der Waals surface area contributed by atoms with E-state index in [-0.39, 0.29) is 52.7 Å². The Morgan fingerprint density at radius 3 is 2.37 bits per heavy atom. The van der Waals surface area contributed by atoms with Crippen molar-refractivity contribution in [3.8, 4) is 11.6 Å². The van der Waals surface area contributed by atoms with Gasteiger partial charge in [0.1, 0.15) is 28.4 Å². The second-order valence-corrected chi connectivity index (χ2v) is 12.8. The molecule has 0 amide bonds. The molecular formula is C26H30F3N3O5S. The van der Waals surface area contributed by atoms with Crippen LogP contribution in [0.1, 0.15) is 63.4 Å². The number of hydrogen-bond donors (Lipinski definition) is 0. The predicted octanol–water partition coefficient (Wildman–Crippen LogP) is 4.57. The van der Waals surface area contributed by atoms with Crippen molar-refractivity contribution in [3.63, 3.8) is 0 Å². The highest BCUT2D eigenvalue weighted by Gasteiger charge is 2.36. The normalized spacial score (nSPS) is 17.6. The van der Waals surface area contributed by atoms with Gasteiger partial charge in [-0.05, 0) is 45.1 Å². The Hall–Kier alpha value is -3.15. The number of rotatable bonds is 8. The first-order valence-electron chi connectivity index (χ1n) is 12.3. The largest absolute Gasteiger partial charge is 0.475 e. The fourth-order valence-electron chi connectivity index (χ4n) is 4.73. The van der Waals surface area contributed by atoms with E-state index < -0.39 is 50.6 Å². The molecule has 12 heteroatoms. The highest BCUT2D eigenvalue weighted by atomic mass is 32.2. The van der Waals surface area contributed by atoms with E-state index in [1.165, 1.54) is 17.6 Å². The van der Waals surface area contributed by atoms with E-state index in [4.69, 9.17) is 4.74 Å². The third kappa shape index (κ3) is 5.50. The van der Waals surface area contributed by atoms with Gasteiger partial charge in [0.15, 0.2) is 11.6 Å². The molecule has 4 rings (SSSR count). The smallest absolute Gasteiger partial charge is 0.334 e. The second-order valence-electron chi connectivity index (χ2n) is 10.5. The first kappa shape index (κ1) is 27.9. The van der Waals surface area contributed by atoms with E-state index in [9.17, 15) is 26.8 Å². The van der Waals surface area contributed by atoms with Crippen LogP contribution in [0.25, 0.3) is 16.7 Å². The highest BCUT2D eigenvalue weighted by Crippen LogP contribution is 2.37. The van der Waals surface area contributed by atoms with E-state index in [1.54, 1.807) is 13.8 Å². The molecule has 0 N–H and O–H groups in total. The van der Waals surface area contributed by atoms with Crippen LogP contribution in [0, 0.1) is 17.0 Å². The third-order valence-corrected chi connectivity index (χ3v) is 8.56. The Balaban J connectivity index is 1.80. The number of hydrogen-bond acceptors (Lipinski definition) is 6. The lowest BCUT2D eigenvalue weighted by Gasteiger charge is -2.32. The molecule has 0 saturated carbocycles. The Labute approximate surface area is 218 Å². The molecule has 0 spiro atoms. The summed E-state index contributed by atoms with van der Waals surface area (Å²) < 4.78 is 74.7. The molecule has 38 heavy (non-hydrogen) atoms. The average molecular weight is 554 g/mol. The number of nitrogens with zero attached hydrogens (tertiary/aromatic N) is 3. The monoisotopic (exact) mass is 553 g/mol. The van der Waals surface area contributed by atoms with Gasteiger partial charge >= 0.3 is 5.69 Å². The van der Waals surface area contributed by atoms with Gasteiger partial charge in [-0.15, -0.1) is 0 Å². The molecule has 0 radical (unpaired) electrons. The zero-order valence-electron chi connectivity index (χ0n) is 21.6. The van der Waals surface area contributed by atoms with Gasteiger partial charge in [0.05, 0.1) is 40.0 Å². The summed E-state index contributed by atoms with van der Waals surface area (Å²) in [6, 6.07) is 3.02. The predicted molar refractivity (Wildman–Crippen MR) is 137 cm³/mol. The summed E-state index contributed by atoms with van der Waals surface area (Å²) in [6.45, 7) is 6.21. The number of fused-ring (bicyclic) bond motifs is 1. The average Bonchev–Trinajstić information content (AvgIpc) is 3.11. The van der Waals surface area contributed by atoms with Crippen molar-refractivity contribution in [2.75, 3.05) is 18.1 Å². The number of alkyl halides is 1. The van der Waals surface area contributed by atoms with Gasteiger partial charge in [-0.2, -0.15) is 0 Å². The van der Waals surface area contributed by atoms with Gasteiger partial charge < -0.3 is 4.74 Å². The second kappa shape index (κ2) is 10.2. The molecule has 0 aliphatic carbocycles. The summed E-state index contributed by atoms with van der Waals surface area (Å²) in [6.07, 6.45) is 0.0685. The number of halogens is 3. The minimum absolute atomic E-state index is 0.0263. The number of aromatic nitrogens is 3. The fraction of sp³-hybridized carbons (Fsp3) is 0.500. The summed E-state index contributed by atoms with van der Waals surface area (Å²) in [5.74, 6) is -2.44. The van der Waals surface area contributed by atoms with Crippen molar-refractivity contribution >= 4 is 26.7 Å². The first-order valence-corrected chi connectivity index (χ1v) is 14.2. The lowest BCUT2D eigenvalue weighted by molar-refractivity contribution is 0.0907. The molecule has 3 heterocycles. The van der Waals surface area contributed by atoms with Crippen LogP contribution in [0.2, 0.25) is 0 Å². The molecular weight excluding hydrogens is 523 g/mol. The standard InChI is InChI=1S/C26H30F3N3O5S/c1-15(2)31-21-9-17(23(33)12-26(4)5-7-38(35,36)8-6-26)18(28)10-22(21)32(25(31)34)20-11-24(30-13-19(20)29)37-14-16(3)27/h9-11,13,15-16H,5-8,12,14H2,1-4H3. The van der Waals surface area contributed by atoms with Crippen molar-refractivity contribution < 1.29 is 31.1 Å². The Morgan fingerprint density at radius 1 is 1.11 bits per heavy atom. The number of Topliss-reactive ketones (excluding diaryl/α,β-unsaturated/α-hetero) is 1. The van der Waals surface area contributed by atoms with Gasteiger partial charge in [-0.1, -0.05) is 6.92 Å². The van der Waals surface area contributed by atoms with Crippen molar-refractivity contribution in [1.82, 2.24) is 14.1 Å². The summed E-state index contributed by atoms with van der Waals surface area (Å²) in [7, 11) is -3.14. The Kier molecular flexibility index (Phi) is 7.48. The van der Waals surface area contributed by atoms with Crippen LogP contribution in [0.4, 0.5) is 13.2 Å². The van der Waals surface area contributed by atoms with Crippen LogP contribution in [0.5, 0.6) is 5.88 Å². The highest BCUT2D eigenvalue weighted by molar-refractivity contribution is 7.91. The molecule has 2 aromatic heterocycles. The van der Waals surface area contributed by atoms with Gasteiger partial charge in [0, 0.05) is 24.6 Å². The lowest BCUT2D eigenvalue weighted by atomic mass is 9.78. The maximum absolute atomic E-state index is 15.4. The van der Waals surface area contributed by atoms with E-state index in [0.717, 1.165) is 22.9 Å². The molecule has 1 saturated heterocycles. The summed E-state index contributed by atoms with van der Waals surface area (Å²) >= 11 is 0. The summed E-state index contributed by atoms with van der Waals surface area (Å²) in [5.41, 5.74) is -1.50. The van der Waals surface area contributed by atoms with Crippen molar-refractivity contribution in [1.29, 1.82) is 0 Å². The van der Waals surface area contributed by atoms with Crippen molar-refractivity contribution in [3.05, 3.63) is 52.1 Å². The number of imidazole rings is 1. The van der Waals surface area contributed by atoms with Crippen LogP contribution in [0.3, 0.4) is 0 Å². The number of ether oxygens (including phenoxy) is 1. The van der Waals surface area contributed by atoms with Crippen LogP contribution >= 0.6 is 0 Å². The Bertz CT molecular complexity index is 1550. The molecule has 0 bridgehead atoms. The van der Waals surface area contributed by atoms with Gasteiger partial charge in [0.2, 0.25) is 5.88 Å². The van der Waals surface area contributed by atoms with Crippen molar-refractivity contribution in [2.45, 2.75) is 59.2 Å². The number of benzene rings is 1. The number of carbonyl (C=O) groups excluding carboxylic acids is 1. The molecule has 1 unspecified atom stereocenters. The molecule has 3 aromatic rings. The molecule has 1 fully saturated rings. The summed E-state index contributed by atoms with van der Waals surface area (Å²) in [4.78, 5) is 30.4. The molecule has 8 nitrogen and oxygen atoms in total. The number of ketones is 1. The SMILES string of the molecule is CC(F)COc1cc(-n2c(=O)n(C(C)C)c3cc(C(=O)CC4(C)CCS(=O)(=O)CC4)c(F)cc32)c(F)cn1. The van der Waals surface area contributed by atoms with Gasteiger partial charge in [-0.25, -0.2) is 31.4 Å². The van der Waals surface area contributed by atoms with E-state index in [1.807, 2.05) is 6.92 Å². The van der Waals surface area contributed by atoms with E-state index >= 15 is 4.39 Å². The van der Waals surface area contributed by atoms with Crippen LogP contribution < -0.4 is 10.4 Å². The van der Waals surface area contributed by atoms with Gasteiger partial charge in [-0.3, -0.25) is 13.9 Å². The lowest BCUT2D eigenvalue weighted by Crippen LogP contribution is -2.33. The molecule has 1 atom stereocenters. The third-order valence-electron chi connectivity index (χ3n) is 6.91. The molecule has 1 aliphatic rings. The molecule has 206 valence electrons. The number of pyridine rings is 1. The maximum atomic E-state index is 15.4. The maximum Gasteiger partial charge on any atom is 0.334 e. The van der Waals surface area contributed by atoms with Crippen LogP contribution in [0.15, 0.2) is 29.2 Å². The first-order chi connectivity index (χ1) is 17.7. The zero-order valence-corrected chi connectivity index (χ0v) is 22.4. The van der Waals surface area contributed by atoms with Crippen molar-refractivity contribution in [2.24, 2.45) is 5.41 Å². The van der Waals surface area contributed by atoms with Gasteiger partial charge in [0.25, 0.3) is 0 Å². The van der Waals surface area contributed by atoms with E-state index in [0.29, 0.717) is 12.8 Å². The van der Waals surface area contributed by atoms with E-state index in [2.05, 4.69) is 4.98 Å². The summed E-state index contributed by atoms with van der Waals surface area (Å²) in [5, 5.41) is 0. The van der Waals surface area contributed by atoms with Crippen LogP contribution in [-0.2, 0) is 9.84 Å². The number of sulfone groups is 1.